The second-order valence-electron chi connectivity index (χ2n) is 11.1. The number of benzene rings is 2. The molecule has 4 heteroatoms. The Balaban J connectivity index is 1.35. The molecule has 2 atom stereocenters. The van der Waals surface area contributed by atoms with Crippen LogP contribution in [0.25, 0.3) is 10.9 Å². The molecule has 1 aliphatic heterocycles. The van der Waals surface area contributed by atoms with E-state index in [0.717, 1.165) is 34.6 Å². The third-order valence-corrected chi connectivity index (χ3v) is 8.73. The predicted octanol–water partition coefficient (Wildman–Crippen LogP) is 6.17. The standard InChI is InChI=1S/C31H34N2O2/c1-31(2)24-13-7-9-15-26(24)33(17-16-20-10-4-3-5-11-20)27(31)18-22-29(34)28(30(22)35)23-19-32-25-14-8-6-12-21(23)25/h6-9,12-15,18-20,28-29,34H,3-5,10-11,16-17H2,1-2H3/p+1. The molecule has 1 aromatic heterocycles. The number of hydrogen-bond acceptors (Lipinski definition) is 2. The lowest BCUT2D eigenvalue weighted by Gasteiger charge is -2.34. The Hall–Kier alpha value is -2.98. The number of fused-ring (bicyclic) bond motifs is 2. The highest BCUT2D eigenvalue weighted by Gasteiger charge is 2.50. The summed E-state index contributed by atoms with van der Waals surface area (Å²) < 4.78 is 2.43. The van der Waals surface area contributed by atoms with E-state index in [1.54, 1.807) is 0 Å². The number of rotatable bonds is 5. The number of nitrogens with zero attached hydrogens (tertiary/aromatic N) is 1. The summed E-state index contributed by atoms with van der Waals surface area (Å²) in [6, 6.07) is 16.6. The second kappa shape index (κ2) is 8.60. The molecule has 0 spiro atoms. The quantitative estimate of drug-likeness (QED) is 0.348. The van der Waals surface area contributed by atoms with Crippen molar-refractivity contribution in [2.45, 2.75) is 69.8 Å². The van der Waals surface area contributed by atoms with Gasteiger partial charge in [-0.2, -0.15) is 4.58 Å². The average Bonchev–Trinajstić information content (AvgIpc) is 3.38. The summed E-state index contributed by atoms with van der Waals surface area (Å²) in [5.41, 5.74) is 5.88. The molecule has 2 heterocycles. The zero-order chi connectivity index (χ0) is 24.2. The van der Waals surface area contributed by atoms with Crippen molar-refractivity contribution in [2.75, 3.05) is 6.54 Å². The minimum atomic E-state index is -0.783. The van der Waals surface area contributed by atoms with E-state index in [-0.39, 0.29) is 11.2 Å². The Morgan fingerprint density at radius 1 is 1.06 bits per heavy atom. The molecular weight excluding hydrogens is 432 g/mol. The number of ketones is 1. The highest BCUT2D eigenvalue weighted by atomic mass is 16.3. The second-order valence-corrected chi connectivity index (χ2v) is 11.1. The lowest BCUT2D eigenvalue weighted by atomic mass is 9.69. The fourth-order valence-electron chi connectivity index (χ4n) is 6.65. The van der Waals surface area contributed by atoms with Gasteiger partial charge >= 0.3 is 0 Å². The zero-order valence-corrected chi connectivity index (χ0v) is 20.8. The molecule has 2 saturated carbocycles. The van der Waals surface area contributed by atoms with Crippen molar-refractivity contribution >= 4 is 28.1 Å². The summed E-state index contributed by atoms with van der Waals surface area (Å²) in [5.74, 6) is 0.324. The van der Waals surface area contributed by atoms with Crippen molar-refractivity contribution in [1.82, 2.24) is 4.98 Å². The van der Waals surface area contributed by atoms with E-state index in [2.05, 4.69) is 47.7 Å². The number of aliphatic hydroxyl groups is 1. The topological polar surface area (TPSA) is 56.1 Å². The van der Waals surface area contributed by atoms with Crippen molar-refractivity contribution in [3.05, 3.63) is 77.5 Å². The molecule has 2 aliphatic carbocycles. The number of hydrogen-bond donors (Lipinski definition) is 2. The van der Waals surface area contributed by atoms with Crippen LogP contribution in [0.3, 0.4) is 0 Å². The number of nitrogens with one attached hydrogen (secondary N) is 1. The minimum absolute atomic E-state index is 0.0359. The van der Waals surface area contributed by atoms with Crippen molar-refractivity contribution in [2.24, 2.45) is 5.92 Å². The van der Waals surface area contributed by atoms with Gasteiger partial charge in [-0.25, -0.2) is 0 Å². The predicted molar refractivity (Wildman–Crippen MR) is 141 cm³/mol. The van der Waals surface area contributed by atoms with E-state index < -0.39 is 12.0 Å². The average molecular weight is 468 g/mol. The Morgan fingerprint density at radius 3 is 2.60 bits per heavy atom. The summed E-state index contributed by atoms with van der Waals surface area (Å²) in [5, 5.41) is 12.2. The Kier molecular flexibility index (Phi) is 5.52. The lowest BCUT2D eigenvalue weighted by Crippen LogP contribution is -2.44. The van der Waals surface area contributed by atoms with Gasteiger partial charge in [0.15, 0.2) is 11.5 Å². The number of Topliss-reactive ketones (excluding diaryl/α,β-unsaturated/α-hetero) is 1. The smallest absolute Gasteiger partial charge is 0.209 e. The van der Waals surface area contributed by atoms with Crippen molar-refractivity contribution in [3.8, 4) is 0 Å². The maximum atomic E-state index is 13.4. The fraction of sp³-hybridized carbons (Fsp3) is 0.419. The normalized spacial score (nSPS) is 25.3. The number of carbonyl (C=O) groups excluding carboxylic acids is 1. The van der Waals surface area contributed by atoms with Crippen molar-refractivity contribution < 1.29 is 14.5 Å². The van der Waals surface area contributed by atoms with Crippen LogP contribution in [0.4, 0.5) is 5.69 Å². The van der Waals surface area contributed by atoms with Crippen LogP contribution in [0.15, 0.2) is 66.4 Å². The van der Waals surface area contributed by atoms with Crippen LogP contribution >= 0.6 is 0 Å². The highest BCUT2D eigenvalue weighted by Crippen LogP contribution is 2.44. The van der Waals surface area contributed by atoms with Crippen LogP contribution in [0.5, 0.6) is 0 Å². The number of allylic oxidation sites excluding steroid dienone is 1. The first-order valence-corrected chi connectivity index (χ1v) is 13.2. The van der Waals surface area contributed by atoms with Gasteiger partial charge in [-0.05, 0) is 31.4 Å². The van der Waals surface area contributed by atoms with E-state index in [9.17, 15) is 9.90 Å². The largest absolute Gasteiger partial charge is 0.387 e. The first-order chi connectivity index (χ1) is 17.0. The molecule has 2 N–H and O–H groups in total. The molecule has 3 aliphatic rings. The van der Waals surface area contributed by atoms with Gasteiger partial charge in [-0.15, -0.1) is 0 Å². The van der Waals surface area contributed by atoms with Gasteiger partial charge < -0.3 is 10.1 Å². The van der Waals surface area contributed by atoms with Gasteiger partial charge in [0, 0.05) is 46.8 Å². The molecule has 0 amide bonds. The molecule has 0 saturated heterocycles. The minimum Gasteiger partial charge on any atom is -0.387 e. The molecule has 6 rings (SSSR count). The molecule has 180 valence electrons. The van der Waals surface area contributed by atoms with Crippen LogP contribution in [0, 0.1) is 5.92 Å². The number of H-pyrrole nitrogens is 1. The maximum Gasteiger partial charge on any atom is 0.209 e. The van der Waals surface area contributed by atoms with E-state index in [0.29, 0.717) is 5.57 Å². The molecule has 35 heavy (non-hydrogen) atoms. The first kappa shape index (κ1) is 22.5. The monoisotopic (exact) mass is 467 g/mol. The molecule has 0 radical (unpaired) electrons. The SMILES string of the molecule is CC1(C)C(C=C2C(=O)C(c3c[nH]c4ccccc34)C2O)=[N+](CCC2CCCCC2)c2ccccc21. The summed E-state index contributed by atoms with van der Waals surface area (Å²) >= 11 is 0. The molecule has 0 bridgehead atoms. The van der Waals surface area contributed by atoms with Crippen LogP contribution in [-0.4, -0.2) is 38.8 Å². The molecule has 2 aromatic carbocycles. The van der Waals surface area contributed by atoms with Gasteiger partial charge in [0.05, 0.1) is 17.4 Å². The highest BCUT2D eigenvalue weighted by molar-refractivity contribution is 6.16. The van der Waals surface area contributed by atoms with Crippen LogP contribution in [0.1, 0.15) is 69.4 Å². The van der Waals surface area contributed by atoms with E-state index >= 15 is 0 Å². The zero-order valence-electron chi connectivity index (χ0n) is 20.8. The van der Waals surface area contributed by atoms with Gasteiger partial charge in [0.2, 0.25) is 5.69 Å². The van der Waals surface area contributed by atoms with Crippen LogP contribution < -0.4 is 0 Å². The van der Waals surface area contributed by atoms with Crippen molar-refractivity contribution in [3.63, 3.8) is 0 Å². The summed E-state index contributed by atoms with van der Waals surface area (Å²) in [6.07, 6.45) is 11.0. The van der Waals surface area contributed by atoms with Crippen molar-refractivity contribution in [1.29, 1.82) is 0 Å². The summed E-state index contributed by atoms with van der Waals surface area (Å²) in [6.45, 7) is 5.44. The number of aromatic nitrogens is 1. The molecular formula is C31H35N2O2+. The van der Waals surface area contributed by atoms with Gasteiger partial charge in [-0.1, -0.05) is 68.5 Å². The summed E-state index contributed by atoms with van der Waals surface area (Å²) in [7, 11) is 0. The third kappa shape index (κ3) is 3.61. The van der Waals surface area contributed by atoms with Gasteiger partial charge in [0.25, 0.3) is 0 Å². The number of aromatic amines is 1. The molecule has 2 unspecified atom stereocenters. The Bertz CT molecular complexity index is 1350. The van der Waals surface area contributed by atoms with Crippen LogP contribution in [-0.2, 0) is 10.2 Å². The number of aliphatic hydroxyl groups excluding tert-OH is 1. The Morgan fingerprint density at radius 2 is 1.80 bits per heavy atom. The maximum absolute atomic E-state index is 13.4. The van der Waals surface area contributed by atoms with E-state index in [4.69, 9.17) is 0 Å². The summed E-state index contributed by atoms with van der Waals surface area (Å²) in [4.78, 5) is 16.7. The molecule has 3 aromatic rings. The third-order valence-electron chi connectivity index (χ3n) is 8.73. The van der Waals surface area contributed by atoms with E-state index in [1.807, 2.05) is 36.5 Å². The number of para-hydroxylation sites is 2. The van der Waals surface area contributed by atoms with E-state index in [1.165, 1.54) is 49.8 Å². The first-order valence-electron chi connectivity index (χ1n) is 13.2. The van der Waals surface area contributed by atoms with Gasteiger partial charge in [-0.3, -0.25) is 4.79 Å². The van der Waals surface area contributed by atoms with Crippen LogP contribution in [0.2, 0.25) is 0 Å². The Labute approximate surface area is 207 Å². The molecule has 2 fully saturated rings. The molecule has 4 nitrogen and oxygen atoms in total. The number of carbonyl (C=O) groups is 1. The van der Waals surface area contributed by atoms with Gasteiger partial charge in [0.1, 0.15) is 6.54 Å². The lowest BCUT2D eigenvalue weighted by molar-refractivity contribution is -0.439. The fourth-order valence-corrected chi connectivity index (χ4v) is 6.65.